The van der Waals surface area contributed by atoms with Gasteiger partial charge < -0.3 is 5.73 Å². The van der Waals surface area contributed by atoms with Crippen LogP contribution in [0.5, 0.6) is 0 Å². The average molecular weight is 384 g/mol. The number of rotatable bonds is 3. The molecule has 0 spiro atoms. The maximum Gasteiger partial charge on any atom is 0.242 e. The van der Waals surface area contributed by atoms with Crippen LogP contribution >= 0.6 is 31.9 Å². The zero-order valence-corrected chi connectivity index (χ0v) is 13.1. The second-order valence-electron chi connectivity index (χ2n) is 4.16. The van der Waals surface area contributed by atoms with E-state index in [4.69, 9.17) is 5.73 Å². The van der Waals surface area contributed by atoms with Crippen LogP contribution < -0.4 is 10.5 Å². The monoisotopic (exact) mass is 382 g/mol. The van der Waals surface area contributed by atoms with E-state index < -0.39 is 10.0 Å². The summed E-state index contributed by atoms with van der Waals surface area (Å²) in [6.45, 7) is 1.90. The first kappa shape index (κ1) is 13.5. The van der Waals surface area contributed by atoms with Crippen molar-refractivity contribution in [2.45, 2.75) is 30.3 Å². The van der Waals surface area contributed by atoms with E-state index in [2.05, 4.69) is 36.6 Å². The lowest BCUT2D eigenvalue weighted by Crippen LogP contribution is -2.30. The van der Waals surface area contributed by atoms with Gasteiger partial charge in [-0.2, -0.15) is 0 Å². The fourth-order valence-corrected chi connectivity index (χ4v) is 4.42. The van der Waals surface area contributed by atoms with E-state index in [9.17, 15) is 8.42 Å². The molecule has 0 saturated heterocycles. The van der Waals surface area contributed by atoms with Crippen LogP contribution in [0.2, 0.25) is 0 Å². The van der Waals surface area contributed by atoms with Crippen molar-refractivity contribution in [3.8, 4) is 0 Å². The molecule has 1 saturated carbocycles. The van der Waals surface area contributed by atoms with Gasteiger partial charge in [-0.25, -0.2) is 13.1 Å². The lowest BCUT2D eigenvalue weighted by atomic mass is 10.2. The summed E-state index contributed by atoms with van der Waals surface area (Å²) in [4.78, 5) is 0.231. The minimum absolute atomic E-state index is 0.0579. The molecule has 0 aliphatic heterocycles. The Balaban J connectivity index is 2.35. The second kappa shape index (κ2) is 4.62. The molecule has 7 heteroatoms. The third-order valence-electron chi connectivity index (χ3n) is 2.65. The molecule has 0 aromatic heterocycles. The minimum atomic E-state index is -3.51. The van der Waals surface area contributed by atoms with Crippen LogP contribution in [0.4, 0.5) is 0 Å². The largest absolute Gasteiger partial charge is 0.326 e. The third kappa shape index (κ3) is 2.90. The Morgan fingerprint density at radius 3 is 2.47 bits per heavy atom. The number of aryl methyl sites for hydroxylation is 1. The van der Waals surface area contributed by atoms with Gasteiger partial charge in [0.1, 0.15) is 0 Å². The summed E-state index contributed by atoms with van der Waals surface area (Å²) in [7, 11) is -3.51. The smallest absolute Gasteiger partial charge is 0.242 e. The maximum absolute atomic E-state index is 12.1. The fourth-order valence-electron chi connectivity index (χ4n) is 1.45. The van der Waals surface area contributed by atoms with Crippen LogP contribution in [0.15, 0.2) is 26.0 Å². The van der Waals surface area contributed by atoms with E-state index >= 15 is 0 Å². The zero-order valence-electron chi connectivity index (χ0n) is 9.07. The van der Waals surface area contributed by atoms with Crippen LogP contribution in [-0.2, 0) is 10.0 Å². The Morgan fingerprint density at radius 1 is 1.35 bits per heavy atom. The standard InChI is InChI=1S/C10H12Br2N2O2S/c1-5-2-7(12)10(3-6(5)11)17(15,16)14-9-4-8(9)13/h2-3,8-9,14H,4,13H2,1H3. The highest BCUT2D eigenvalue weighted by atomic mass is 79.9. The lowest BCUT2D eigenvalue weighted by molar-refractivity contribution is 0.579. The maximum atomic E-state index is 12.1. The molecule has 3 N–H and O–H groups in total. The Bertz CT molecular complexity index is 560. The highest BCUT2D eigenvalue weighted by molar-refractivity contribution is 9.11. The molecule has 2 rings (SSSR count). The van der Waals surface area contributed by atoms with Gasteiger partial charge in [-0.15, -0.1) is 0 Å². The van der Waals surface area contributed by atoms with Crippen LogP contribution in [-0.4, -0.2) is 20.5 Å². The van der Waals surface area contributed by atoms with E-state index in [1.54, 1.807) is 12.1 Å². The first-order valence-electron chi connectivity index (χ1n) is 5.05. The number of halogens is 2. The van der Waals surface area contributed by atoms with Crippen molar-refractivity contribution in [2.75, 3.05) is 0 Å². The van der Waals surface area contributed by atoms with Gasteiger partial charge in [0, 0.05) is 21.0 Å². The minimum Gasteiger partial charge on any atom is -0.326 e. The predicted molar refractivity (Wildman–Crippen MR) is 73.3 cm³/mol. The quantitative estimate of drug-likeness (QED) is 0.837. The highest BCUT2D eigenvalue weighted by Gasteiger charge is 2.37. The van der Waals surface area contributed by atoms with Gasteiger partial charge in [0.05, 0.1) is 4.90 Å². The Morgan fingerprint density at radius 2 is 1.94 bits per heavy atom. The van der Waals surface area contributed by atoms with E-state index in [-0.39, 0.29) is 17.0 Å². The van der Waals surface area contributed by atoms with Gasteiger partial charge in [-0.3, -0.25) is 0 Å². The van der Waals surface area contributed by atoms with E-state index in [1.807, 2.05) is 6.92 Å². The zero-order chi connectivity index (χ0) is 12.8. The van der Waals surface area contributed by atoms with Crippen LogP contribution in [0.3, 0.4) is 0 Å². The van der Waals surface area contributed by atoms with Crippen molar-refractivity contribution in [3.63, 3.8) is 0 Å². The number of hydrogen-bond acceptors (Lipinski definition) is 3. The van der Waals surface area contributed by atoms with Crippen molar-refractivity contribution in [3.05, 3.63) is 26.6 Å². The molecule has 1 aromatic carbocycles. The first-order valence-corrected chi connectivity index (χ1v) is 8.12. The molecule has 94 valence electrons. The molecule has 17 heavy (non-hydrogen) atoms. The Labute approximate surface area is 117 Å². The average Bonchev–Trinajstić information content (AvgIpc) is 2.86. The molecule has 2 unspecified atom stereocenters. The van der Waals surface area contributed by atoms with Crippen molar-refractivity contribution in [1.82, 2.24) is 4.72 Å². The molecular weight excluding hydrogens is 372 g/mol. The van der Waals surface area contributed by atoms with E-state index in [0.717, 1.165) is 10.0 Å². The number of hydrogen-bond donors (Lipinski definition) is 2. The second-order valence-corrected chi connectivity index (χ2v) is 7.55. The highest BCUT2D eigenvalue weighted by Crippen LogP contribution is 2.30. The van der Waals surface area contributed by atoms with Crippen molar-refractivity contribution < 1.29 is 8.42 Å². The normalized spacial score (nSPS) is 23.8. The molecule has 1 fully saturated rings. The van der Waals surface area contributed by atoms with Crippen molar-refractivity contribution in [1.29, 1.82) is 0 Å². The van der Waals surface area contributed by atoms with E-state index in [0.29, 0.717) is 10.9 Å². The summed E-state index contributed by atoms with van der Waals surface area (Å²) in [5, 5.41) is 0. The molecule has 0 amide bonds. The van der Waals surface area contributed by atoms with Crippen molar-refractivity contribution >= 4 is 41.9 Å². The lowest BCUT2D eigenvalue weighted by Gasteiger charge is -2.09. The summed E-state index contributed by atoms with van der Waals surface area (Å²) >= 11 is 6.60. The van der Waals surface area contributed by atoms with Gasteiger partial charge in [-0.05, 0) is 47.0 Å². The number of nitrogens with two attached hydrogens (primary N) is 1. The molecule has 0 heterocycles. The summed E-state index contributed by atoms with van der Waals surface area (Å²) in [6.07, 6.45) is 0.698. The molecule has 2 atom stereocenters. The molecular formula is C10H12Br2N2O2S. The summed E-state index contributed by atoms with van der Waals surface area (Å²) in [5.41, 5.74) is 6.57. The number of nitrogens with one attached hydrogen (secondary N) is 1. The summed E-state index contributed by atoms with van der Waals surface area (Å²) in [5.74, 6) is 0. The molecule has 0 bridgehead atoms. The fraction of sp³-hybridized carbons (Fsp3) is 0.400. The Hall–Kier alpha value is 0.0500. The van der Waals surface area contributed by atoms with Gasteiger partial charge in [-0.1, -0.05) is 15.9 Å². The van der Waals surface area contributed by atoms with Crippen LogP contribution in [0.25, 0.3) is 0 Å². The molecule has 1 aliphatic carbocycles. The summed E-state index contributed by atoms with van der Waals surface area (Å²) in [6, 6.07) is 3.17. The predicted octanol–water partition coefficient (Wildman–Crippen LogP) is 1.90. The number of benzene rings is 1. The van der Waals surface area contributed by atoms with Gasteiger partial charge in [0.15, 0.2) is 0 Å². The topological polar surface area (TPSA) is 72.2 Å². The molecule has 1 aromatic rings. The SMILES string of the molecule is Cc1cc(Br)c(S(=O)(=O)NC2CC2N)cc1Br. The van der Waals surface area contributed by atoms with Crippen LogP contribution in [0.1, 0.15) is 12.0 Å². The summed E-state index contributed by atoms with van der Waals surface area (Å²) < 4.78 is 28.1. The Kier molecular flexibility index (Phi) is 3.66. The molecule has 1 aliphatic rings. The third-order valence-corrected chi connectivity index (χ3v) is 5.95. The molecule has 0 radical (unpaired) electrons. The van der Waals surface area contributed by atoms with Gasteiger partial charge in [0.2, 0.25) is 10.0 Å². The van der Waals surface area contributed by atoms with Gasteiger partial charge >= 0.3 is 0 Å². The van der Waals surface area contributed by atoms with E-state index in [1.165, 1.54) is 0 Å². The molecule has 4 nitrogen and oxygen atoms in total. The van der Waals surface area contributed by atoms with Crippen LogP contribution in [0, 0.1) is 6.92 Å². The number of sulfonamides is 1. The first-order chi connectivity index (χ1) is 7.81. The van der Waals surface area contributed by atoms with Crippen molar-refractivity contribution in [2.24, 2.45) is 5.73 Å². The van der Waals surface area contributed by atoms with Gasteiger partial charge in [0.25, 0.3) is 0 Å².